The summed E-state index contributed by atoms with van der Waals surface area (Å²) in [7, 11) is 2.04. The number of aliphatic hydroxyl groups excluding tert-OH is 1. The van der Waals surface area contributed by atoms with Gasteiger partial charge in [-0.25, -0.2) is 4.79 Å². The molecular formula is C20H25N3O2. The van der Waals surface area contributed by atoms with Crippen LogP contribution in [-0.2, 0) is 6.54 Å². The van der Waals surface area contributed by atoms with Crippen LogP contribution in [0.25, 0.3) is 0 Å². The lowest BCUT2D eigenvalue weighted by Gasteiger charge is -2.25. The fourth-order valence-electron chi connectivity index (χ4n) is 3.29. The maximum absolute atomic E-state index is 12.6. The molecule has 1 aliphatic heterocycles. The molecule has 1 atom stereocenters. The van der Waals surface area contributed by atoms with Gasteiger partial charge in [-0.15, -0.1) is 0 Å². The molecule has 1 fully saturated rings. The summed E-state index contributed by atoms with van der Waals surface area (Å²) in [4.78, 5) is 16.5. The van der Waals surface area contributed by atoms with Crippen molar-refractivity contribution >= 4 is 17.4 Å². The first-order chi connectivity index (χ1) is 12.2. The maximum atomic E-state index is 12.6. The summed E-state index contributed by atoms with van der Waals surface area (Å²) in [5.41, 5.74) is 3.00. The van der Waals surface area contributed by atoms with E-state index in [1.807, 2.05) is 49.5 Å². The third-order valence-electron chi connectivity index (χ3n) is 4.71. The van der Waals surface area contributed by atoms with E-state index in [-0.39, 0.29) is 18.7 Å². The van der Waals surface area contributed by atoms with Gasteiger partial charge in [0.25, 0.3) is 0 Å². The molecule has 0 aliphatic carbocycles. The van der Waals surface area contributed by atoms with E-state index in [1.54, 1.807) is 4.90 Å². The molecule has 132 valence electrons. The van der Waals surface area contributed by atoms with Crippen LogP contribution >= 0.6 is 0 Å². The number of benzene rings is 2. The van der Waals surface area contributed by atoms with E-state index in [9.17, 15) is 9.90 Å². The SMILES string of the molecule is CN(Cc1ccccc1NC(=O)N1CCC[C@H]1CO)c1ccccc1. The molecule has 1 heterocycles. The Morgan fingerprint density at radius 3 is 2.68 bits per heavy atom. The molecule has 5 heteroatoms. The van der Waals surface area contributed by atoms with Crippen LogP contribution in [-0.4, -0.2) is 42.3 Å². The molecule has 1 aliphatic rings. The average Bonchev–Trinajstić information content (AvgIpc) is 3.13. The fourth-order valence-corrected chi connectivity index (χ4v) is 3.29. The van der Waals surface area contributed by atoms with E-state index in [4.69, 9.17) is 0 Å². The topological polar surface area (TPSA) is 55.8 Å². The van der Waals surface area contributed by atoms with Gasteiger partial charge >= 0.3 is 6.03 Å². The summed E-state index contributed by atoms with van der Waals surface area (Å²) in [6.45, 7) is 1.42. The molecule has 0 bridgehead atoms. The number of nitrogens with zero attached hydrogens (tertiary/aromatic N) is 2. The first-order valence-corrected chi connectivity index (χ1v) is 8.71. The van der Waals surface area contributed by atoms with E-state index < -0.39 is 0 Å². The van der Waals surface area contributed by atoms with E-state index in [0.29, 0.717) is 13.1 Å². The average molecular weight is 339 g/mol. The number of para-hydroxylation sites is 2. The number of hydrogen-bond acceptors (Lipinski definition) is 3. The summed E-state index contributed by atoms with van der Waals surface area (Å²) in [5.74, 6) is 0. The van der Waals surface area contributed by atoms with Crippen molar-refractivity contribution in [1.82, 2.24) is 4.90 Å². The number of rotatable bonds is 5. The normalized spacial score (nSPS) is 16.7. The molecule has 5 nitrogen and oxygen atoms in total. The zero-order valence-electron chi connectivity index (χ0n) is 14.6. The predicted molar refractivity (Wildman–Crippen MR) is 101 cm³/mol. The Labute approximate surface area is 148 Å². The van der Waals surface area contributed by atoms with Crippen LogP contribution in [0, 0.1) is 0 Å². The van der Waals surface area contributed by atoms with Crippen LogP contribution in [0.2, 0.25) is 0 Å². The highest BCUT2D eigenvalue weighted by Crippen LogP contribution is 2.23. The van der Waals surface area contributed by atoms with Crippen molar-refractivity contribution in [2.24, 2.45) is 0 Å². The number of urea groups is 1. The molecule has 0 spiro atoms. The van der Waals surface area contributed by atoms with Crippen LogP contribution in [0.3, 0.4) is 0 Å². The van der Waals surface area contributed by atoms with Gasteiger partial charge in [-0.2, -0.15) is 0 Å². The number of likely N-dealkylation sites (tertiary alicyclic amines) is 1. The first kappa shape index (κ1) is 17.3. The van der Waals surface area contributed by atoms with Crippen molar-refractivity contribution in [3.05, 3.63) is 60.2 Å². The standard InChI is InChI=1S/C20H25N3O2/c1-22(17-9-3-2-4-10-17)14-16-8-5-6-12-19(16)21-20(25)23-13-7-11-18(23)15-24/h2-6,8-10,12,18,24H,7,11,13-15H2,1H3,(H,21,25)/t18-/m0/s1. The number of carbonyl (C=O) groups is 1. The summed E-state index contributed by atoms with van der Waals surface area (Å²) in [6.07, 6.45) is 1.80. The van der Waals surface area contributed by atoms with Crippen molar-refractivity contribution in [2.75, 3.05) is 30.4 Å². The molecule has 25 heavy (non-hydrogen) atoms. The molecule has 0 radical (unpaired) electrons. The van der Waals surface area contributed by atoms with Crippen LogP contribution in [0.1, 0.15) is 18.4 Å². The van der Waals surface area contributed by atoms with Gasteiger partial charge in [0.15, 0.2) is 0 Å². The van der Waals surface area contributed by atoms with Crippen molar-refractivity contribution in [3.63, 3.8) is 0 Å². The van der Waals surface area contributed by atoms with E-state index in [2.05, 4.69) is 22.3 Å². The van der Waals surface area contributed by atoms with Gasteiger partial charge in [-0.1, -0.05) is 36.4 Å². The van der Waals surface area contributed by atoms with E-state index >= 15 is 0 Å². The Bertz CT molecular complexity index is 705. The molecular weight excluding hydrogens is 314 g/mol. The van der Waals surface area contributed by atoms with Crippen molar-refractivity contribution in [2.45, 2.75) is 25.4 Å². The first-order valence-electron chi connectivity index (χ1n) is 8.71. The van der Waals surface area contributed by atoms with Crippen molar-refractivity contribution in [3.8, 4) is 0 Å². The molecule has 0 aromatic heterocycles. The second kappa shape index (κ2) is 8.03. The Morgan fingerprint density at radius 2 is 1.92 bits per heavy atom. The number of aliphatic hydroxyl groups is 1. The van der Waals surface area contributed by atoms with Crippen LogP contribution in [0.15, 0.2) is 54.6 Å². The largest absolute Gasteiger partial charge is 0.394 e. The summed E-state index contributed by atoms with van der Waals surface area (Å²) >= 11 is 0. The van der Waals surface area contributed by atoms with Gasteiger partial charge in [0, 0.05) is 31.5 Å². The smallest absolute Gasteiger partial charge is 0.322 e. The third-order valence-corrected chi connectivity index (χ3v) is 4.71. The fraction of sp³-hybridized carbons (Fsp3) is 0.350. The molecule has 1 saturated heterocycles. The Morgan fingerprint density at radius 1 is 1.20 bits per heavy atom. The molecule has 0 unspecified atom stereocenters. The number of nitrogens with one attached hydrogen (secondary N) is 1. The minimum Gasteiger partial charge on any atom is -0.394 e. The molecule has 0 saturated carbocycles. The summed E-state index contributed by atoms with van der Waals surface area (Å²) in [5, 5.41) is 12.4. The summed E-state index contributed by atoms with van der Waals surface area (Å²) < 4.78 is 0. The quantitative estimate of drug-likeness (QED) is 0.879. The zero-order valence-corrected chi connectivity index (χ0v) is 14.6. The highest BCUT2D eigenvalue weighted by molar-refractivity contribution is 5.90. The van der Waals surface area contributed by atoms with E-state index in [1.165, 1.54) is 0 Å². The van der Waals surface area contributed by atoms with Gasteiger partial charge in [0.2, 0.25) is 0 Å². The predicted octanol–water partition coefficient (Wildman–Crippen LogP) is 3.31. The van der Waals surface area contributed by atoms with Crippen molar-refractivity contribution < 1.29 is 9.90 Å². The zero-order chi connectivity index (χ0) is 17.6. The minimum absolute atomic E-state index is 0.0197. The Kier molecular flexibility index (Phi) is 5.56. The number of hydrogen-bond donors (Lipinski definition) is 2. The van der Waals surface area contributed by atoms with Crippen LogP contribution in [0.5, 0.6) is 0 Å². The Hall–Kier alpha value is -2.53. The molecule has 2 N–H and O–H groups in total. The van der Waals surface area contributed by atoms with Gasteiger partial charge in [-0.05, 0) is 36.6 Å². The number of amides is 2. The molecule has 2 aromatic carbocycles. The molecule has 3 rings (SSSR count). The molecule has 2 aromatic rings. The van der Waals surface area contributed by atoms with Gasteiger partial charge in [0.05, 0.1) is 12.6 Å². The third kappa shape index (κ3) is 4.12. The summed E-state index contributed by atoms with van der Waals surface area (Å²) in [6, 6.07) is 17.8. The lowest BCUT2D eigenvalue weighted by molar-refractivity contribution is 0.166. The Balaban J connectivity index is 1.71. The number of anilines is 2. The van der Waals surface area contributed by atoms with Crippen LogP contribution < -0.4 is 10.2 Å². The second-order valence-corrected chi connectivity index (χ2v) is 6.45. The van der Waals surface area contributed by atoms with Crippen LogP contribution in [0.4, 0.5) is 16.2 Å². The lowest BCUT2D eigenvalue weighted by Crippen LogP contribution is -2.40. The lowest BCUT2D eigenvalue weighted by atomic mass is 10.1. The highest BCUT2D eigenvalue weighted by Gasteiger charge is 2.28. The minimum atomic E-state index is -0.133. The second-order valence-electron chi connectivity index (χ2n) is 6.45. The molecule has 2 amide bonds. The number of carbonyl (C=O) groups excluding carboxylic acids is 1. The van der Waals surface area contributed by atoms with E-state index in [0.717, 1.165) is 29.8 Å². The van der Waals surface area contributed by atoms with Gasteiger partial charge in [-0.3, -0.25) is 0 Å². The maximum Gasteiger partial charge on any atom is 0.322 e. The van der Waals surface area contributed by atoms with Gasteiger partial charge < -0.3 is 20.2 Å². The monoisotopic (exact) mass is 339 g/mol. The highest BCUT2D eigenvalue weighted by atomic mass is 16.3. The van der Waals surface area contributed by atoms with Gasteiger partial charge in [0.1, 0.15) is 0 Å². The van der Waals surface area contributed by atoms with Crippen molar-refractivity contribution in [1.29, 1.82) is 0 Å².